The molecule has 5 nitrogen and oxygen atoms in total. The van der Waals surface area contributed by atoms with E-state index in [1.807, 2.05) is 56.4 Å². The van der Waals surface area contributed by atoms with Crippen LogP contribution in [0.2, 0.25) is 0 Å². The molecule has 0 aliphatic heterocycles. The Morgan fingerprint density at radius 3 is 2.46 bits per heavy atom. The fourth-order valence-electron chi connectivity index (χ4n) is 2.56. The Balaban J connectivity index is 1.51. The fourth-order valence-corrected chi connectivity index (χ4v) is 3.39. The molecule has 0 bridgehead atoms. The summed E-state index contributed by atoms with van der Waals surface area (Å²) in [5, 5.41) is 12.3. The van der Waals surface area contributed by atoms with Crippen LogP contribution in [0, 0.1) is 6.92 Å². The highest BCUT2D eigenvalue weighted by atomic mass is 32.1. The maximum Gasteiger partial charge on any atom is 0.282 e. The molecule has 134 valence electrons. The molecule has 1 aromatic heterocycles. The monoisotopic (exact) mass is 366 g/mol. The summed E-state index contributed by atoms with van der Waals surface area (Å²) in [7, 11) is 2.03. The minimum atomic E-state index is -0.181. The van der Waals surface area contributed by atoms with Crippen molar-refractivity contribution in [3.63, 3.8) is 0 Å². The molecule has 3 rings (SSSR count). The summed E-state index contributed by atoms with van der Waals surface area (Å²) in [6.07, 6.45) is 0. The number of carbonyl (C=O) groups excluding carboxylic acids is 1. The third-order valence-electron chi connectivity index (χ3n) is 3.94. The van der Waals surface area contributed by atoms with E-state index in [2.05, 4.69) is 32.5 Å². The van der Waals surface area contributed by atoms with Crippen LogP contribution < -0.4 is 5.32 Å². The van der Waals surface area contributed by atoms with Gasteiger partial charge in [0, 0.05) is 13.1 Å². The van der Waals surface area contributed by atoms with Gasteiger partial charge in [-0.15, -0.1) is 10.2 Å². The molecule has 1 heterocycles. The molecule has 0 radical (unpaired) electrons. The van der Waals surface area contributed by atoms with Gasteiger partial charge in [-0.3, -0.25) is 9.69 Å². The standard InChI is InChI=1S/C20H22N4OS/c1-15-8-10-16(11-9-15)12-21-19(25)20-23-22-18(26-20)14-24(2)13-17-6-4-3-5-7-17/h3-11H,12-14H2,1-2H3,(H,21,25). The summed E-state index contributed by atoms with van der Waals surface area (Å²) >= 11 is 1.34. The number of benzene rings is 2. The number of aryl methyl sites for hydroxylation is 1. The van der Waals surface area contributed by atoms with Crippen molar-refractivity contribution in [2.75, 3.05) is 7.05 Å². The number of nitrogens with zero attached hydrogens (tertiary/aromatic N) is 3. The third-order valence-corrected chi connectivity index (χ3v) is 4.84. The van der Waals surface area contributed by atoms with Gasteiger partial charge < -0.3 is 5.32 Å². The molecule has 3 aromatic rings. The highest BCUT2D eigenvalue weighted by Crippen LogP contribution is 2.13. The van der Waals surface area contributed by atoms with Crippen LogP contribution >= 0.6 is 11.3 Å². The van der Waals surface area contributed by atoms with Crippen molar-refractivity contribution < 1.29 is 4.79 Å². The van der Waals surface area contributed by atoms with Crippen molar-refractivity contribution in [1.29, 1.82) is 0 Å². The lowest BCUT2D eigenvalue weighted by Gasteiger charge is -2.14. The van der Waals surface area contributed by atoms with Crippen molar-refractivity contribution >= 4 is 17.2 Å². The predicted molar refractivity (Wildman–Crippen MR) is 104 cm³/mol. The second-order valence-electron chi connectivity index (χ2n) is 6.33. The van der Waals surface area contributed by atoms with Gasteiger partial charge in [-0.25, -0.2) is 0 Å². The molecular weight excluding hydrogens is 344 g/mol. The zero-order chi connectivity index (χ0) is 18.4. The molecule has 0 fully saturated rings. The Hall–Kier alpha value is -2.57. The van der Waals surface area contributed by atoms with E-state index >= 15 is 0 Å². The van der Waals surface area contributed by atoms with E-state index in [1.165, 1.54) is 22.5 Å². The molecule has 2 aromatic carbocycles. The van der Waals surface area contributed by atoms with E-state index in [-0.39, 0.29) is 5.91 Å². The topological polar surface area (TPSA) is 58.1 Å². The summed E-state index contributed by atoms with van der Waals surface area (Å²) in [4.78, 5) is 14.4. The van der Waals surface area contributed by atoms with Crippen LogP contribution in [0.15, 0.2) is 54.6 Å². The zero-order valence-corrected chi connectivity index (χ0v) is 15.8. The Kier molecular flexibility index (Phi) is 6.09. The van der Waals surface area contributed by atoms with Crippen LogP contribution in [-0.2, 0) is 19.6 Å². The zero-order valence-electron chi connectivity index (χ0n) is 15.0. The van der Waals surface area contributed by atoms with Gasteiger partial charge in [-0.2, -0.15) is 0 Å². The average Bonchev–Trinajstić information content (AvgIpc) is 3.10. The quantitative estimate of drug-likeness (QED) is 0.696. The molecule has 0 aliphatic rings. The van der Waals surface area contributed by atoms with Gasteiger partial charge in [-0.05, 0) is 25.1 Å². The van der Waals surface area contributed by atoms with E-state index in [1.54, 1.807) is 0 Å². The fraction of sp³-hybridized carbons (Fsp3) is 0.250. The molecule has 0 saturated carbocycles. The normalized spacial score (nSPS) is 10.9. The van der Waals surface area contributed by atoms with Crippen LogP contribution in [0.25, 0.3) is 0 Å². The minimum Gasteiger partial charge on any atom is -0.346 e. The lowest BCUT2D eigenvalue weighted by atomic mass is 10.1. The van der Waals surface area contributed by atoms with Gasteiger partial charge in [0.1, 0.15) is 5.01 Å². The van der Waals surface area contributed by atoms with Crippen LogP contribution in [-0.4, -0.2) is 28.1 Å². The van der Waals surface area contributed by atoms with Gasteiger partial charge in [0.15, 0.2) is 0 Å². The van der Waals surface area contributed by atoms with Crippen molar-refractivity contribution in [1.82, 2.24) is 20.4 Å². The molecule has 6 heteroatoms. The van der Waals surface area contributed by atoms with Crippen LogP contribution in [0.5, 0.6) is 0 Å². The minimum absolute atomic E-state index is 0.181. The molecular formula is C20H22N4OS. The van der Waals surface area contributed by atoms with Gasteiger partial charge in [-0.1, -0.05) is 71.5 Å². The average molecular weight is 366 g/mol. The molecule has 26 heavy (non-hydrogen) atoms. The van der Waals surface area contributed by atoms with Gasteiger partial charge >= 0.3 is 0 Å². The molecule has 1 N–H and O–H groups in total. The van der Waals surface area contributed by atoms with Crippen LogP contribution in [0.1, 0.15) is 31.5 Å². The van der Waals surface area contributed by atoms with Gasteiger partial charge in [0.2, 0.25) is 5.01 Å². The van der Waals surface area contributed by atoms with Crippen molar-refractivity contribution in [2.24, 2.45) is 0 Å². The SMILES string of the molecule is Cc1ccc(CNC(=O)c2nnc(CN(C)Cc3ccccc3)s2)cc1. The van der Waals surface area contributed by atoms with Crippen LogP contribution in [0.3, 0.4) is 0 Å². The van der Waals surface area contributed by atoms with E-state index in [0.29, 0.717) is 18.1 Å². The second kappa shape index (κ2) is 8.69. The Labute approximate surface area is 157 Å². The van der Waals surface area contributed by atoms with E-state index < -0.39 is 0 Å². The number of hydrogen-bond donors (Lipinski definition) is 1. The summed E-state index contributed by atoms with van der Waals surface area (Å²) in [5.74, 6) is -0.181. The first kappa shape index (κ1) is 18.2. The first-order valence-electron chi connectivity index (χ1n) is 8.49. The number of nitrogens with one attached hydrogen (secondary N) is 1. The highest BCUT2D eigenvalue weighted by molar-refractivity contribution is 7.13. The first-order valence-corrected chi connectivity index (χ1v) is 9.30. The van der Waals surface area contributed by atoms with Gasteiger partial charge in [0.05, 0.1) is 6.54 Å². The van der Waals surface area contributed by atoms with Crippen molar-refractivity contribution in [3.8, 4) is 0 Å². The Morgan fingerprint density at radius 2 is 1.73 bits per heavy atom. The van der Waals surface area contributed by atoms with Gasteiger partial charge in [0.25, 0.3) is 5.91 Å². The van der Waals surface area contributed by atoms with Crippen LogP contribution in [0.4, 0.5) is 0 Å². The number of aromatic nitrogens is 2. The molecule has 1 amide bonds. The lowest BCUT2D eigenvalue weighted by molar-refractivity contribution is 0.0950. The maximum absolute atomic E-state index is 12.3. The number of amides is 1. The first-order chi connectivity index (χ1) is 12.6. The number of hydrogen-bond acceptors (Lipinski definition) is 5. The lowest BCUT2D eigenvalue weighted by Crippen LogP contribution is -2.22. The van der Waals surface area contributed by atoms with E-state index in [9.17, 15) is 4.79 Å². The highest BCUT2D eigenvalue weighted by Gasteiger charge is 2.13. The molecule has 0 unspecified atom stereocenters. The van der Waals surface area contributed by atoms with E-state index in [0.717, 1.165) is 17.1 Å². The maximum atomic E-state index is 12.3. The molecule has 0 saturated heterocycles. The second-order valence-corrected chi connectivity index (χ2v) is 7.39. The summed E-state index contributed by atoms with van der Waals surface area (Å²) < 4.78 is 0. The third kappa shape index (κ3) is 5.21. The molecule has 0 aliphatic carbocycles. The molecule has 0 spiro atoms. The predicted octanol–water partition coefficient (Wildman–Crippen LogP) is 3.41. The number of carbonyl (C=O) groups is 1. The largest absolute Gasteiger partial charge is 0.346 e. The Morgan fingerprint density at radius 1 is 1.00 bits per heavy atom. The number of rotatable bonds is 7. The summed E-state index contributed by atoms with van der Waals surface area (Å²) in [5.41, 5.74) is 3.51. The van der Waals surface area contributed by atoms with Crippen molar-refractivity contribution in [3.05, 3.63) is 81.3 Å². The summed E-state index contributed by atoms with van der Waals surface area (Å²) in [6.45, 7) is 4.02. The smallest absolute Gasteiger partial charge is 0.282 e. The van der Waals surface area contributed by atoms with E-state index in [4.69, 9.17) is 0 Å². The molecule has 0 atom stereocenters. The van der Waals surface area contributed by atoms with Crippen molar-refractivity contribution in [2.45, 2.75) is 26.6 Å². The summed E-state index contributed by atoms with van der Waals surface area (Å²) in [6, 6.07) is 18.4. The Bertz CT molecular complexity index is 846.